The van der Waals surface area contributed by atoms with Gasteiger partial charge >= 0.3 is 32.7 Å². The summed E-state index contributed by atoms with van der Waals surface area (Å²) in [7, 11) is -14.7. The smallest absolute Gasteiger partial charge is 0.466 e. The van der Waals surface area contributed by atoms with Gasteiger partial charge in [0, 0.05) is 43.5 Å². The summed E-state index contributed by atoms with van der Waals surface area (Å²) in [4.78, 5) is 44.3. The van der Waals surface area contributed by atoms with Gasteiger partial charge < -0.3 is 44.3 Å². The van der Waals surface area contributed by atoms with Gasteiger partial charge in [-0.05, 0) is 231 Å². The Hall–Kier alpha value is -2.53. The lowest BCUT2D eigenvalue weighted by Crippen LogP contribution is -2.60. The molecule has 1 aromatic rings. The average Bonchev–Trinajstić information content (AvgIpc) is 0.847. The number of ether oxygens (including phenoxy) is 4. The minimum Gasteiger partial charge on any atom is -0.466 e. The minimum absolute atomic E-state index is 0.268. The summed E-state index contributed by atoms with van der Waals surface area (Å²) in [6, 6.07) is 14.5. The Kier molecular flexibility index (Phi) is 46.3. The highest BCUT2D eigenvalue weighted by atomic mass is 28.5. The number of rotatable bonds is 36. The summed E-state index contributed by atoms with van der Waals surface area (Å²) < 4.78 is 57.8. The van der Waals surface area contributed by atoms with Crippen molar-refractivity contribution in [1.82, 2.24) is 0 Å². The van der Waals surface area contributed by atoms with E-state index in [1.54, 1.807) is 27.7 Å². The molecule has 0 radical (unpaired) electrons. The fourth-order valence-corrected chi connectivity index (χ4v) is 39.6. The summed E-state index contributed by atoms with van der Waals surface area (Å²) in [5.74, 6) is 2.14. The van der Waals surface area contributed by atoms with Crippen LogP contribution in [0.4, 0.5) is 0 Å². The van der Waals surface area contributed by atoms with Gasteiger partial charge in [0.25, 0.3) is 0 Å². The van der Waals surface area contributed by atoms with Crippen LogP contribution in [0.2, 0.25) is 187 Å². The number of allylic oxidation sites excluding steroid dienone is 3. The molecule has 97 heavy (non-hydrogen) atoms. The molecule has 0 heterocycles. The Bertz CT molecular complexity index is 2490. The molecule has 3 unspecified atom stereocenters. The van der Waals surface area contributed by atoms with Crippen LogP contribution in [0.3, 0.4) is 0 Å². The predicted molar refractivity (Wildman–Crippen MR) is 440 cm³/mol. The van der Waals surface area contributed by atoms with Crippen molar-refractivity contribution in [3.05, 3.63) is 109 Å². The highest BCUT2D eigenvalue weighted by Crippen LogP contribution is 2.46. The third-order valence-electron chi connectivity index (χ3n) is 14.4. The normalized spacial score (nSPS) is 15.6. The third-order valence-corrected chi connectivity index (χ3v) is 40.8. The van der Waals surface area contributed by atoms with Crippen molar-refractivity contribution >= 4 is 107 Å². The average molecular weight is 1530 g/mol. The summed E-state index contributed by atoms with van der Waals surface area (Å²) in [5, 5.41) is 0. The first-order valence-electron chi connectivity index (χ1n) is 35.4. The molecular formula is C73H146O14Si10. The van der Waals surface area contributed by atoms with Crippen LogP contribution in [0.25, 0.3) is 0 Å². The molecular weight excluding hydrogens is 1380 g/mol. The van der Waals surface area contributed by atoms with E-state index in [1.807, 2.05) is 13.2 Å². The molecule has 0 N–H and O–H groups in total. The molecule has 3 atom stereocenters. The molecule has 14 nitrogen and oxygen atoms in total. The van der Waals surface area contributed by atoms with Gasteiger partial charge in [-0.1, -0.05) is 134 Å². The van der Waals surface area contributed by atoms with Gasteiger partial charge in [-0.3, -0.25) is 0 Å². The van der Waals surface area contributed by atoms with Gasteiger partial charge in [0.2, 0.25) is 0 Å². The fraction of sp³-hybridized carbons (Fsp3) is 0.699. The first-order chi connectivity index (χ1) is 43.7. The van der Waals surface area contributed by atoms with Gasteiger partial charge in [0.05, 0.1) is 34.1 Å². The van der Waals surface area contributed by atoms with Crippen LogP contribution < -0.4 is 0 Å². The second kappa shape index (κ2) is 45.5. The summed E-state index contributed by atoms with van der Waals surface area (Å²) in [5.41, 5.74) is 4.54. The highest BCUT2D eigenvalue weighted by Gasteiger charge is 2.50. The zero-order valence-corrected chi connectivity index (χ0v) is 77.9. The van der Waals surface area contributed by atoms with Crippen molar-refractivity contribution in [1.29, 1.82) is 0 Å². The van der Waals surface area contributed by atoms with E-state index < -0.39 is 83.2 Å². The molecule has 0 aromatic heterocycles. The minimum atomic E-state index is -2.83. The van der Waals surface area contributed by atoms with Crippen LogP contribution in [-0.2, 0) is 69.9 Å². The lowest BCUT2D eigenvalue weighted by Gasteiger charge is -2.42. The molecule has 2 aliphatic carbocycles. The monoisotopic (exact) mass is 1530 g/mol. The molecule has 0 aliphatic heterocycles. The molecule has 24 heteroatoms. The zero-order valence-electron chi connectivity index (χ0n) is 67.9. The van der Waals surface area contributed by atoms with Crippen LogP contribution in [-0.4, -0.2) is 147 Å². The van der Waals surface area contributed by atoms with Crippen molar-refractivity contribution in [2.75, 3.05) is 39.8 Å². The molecule has 3 rings (SSSR count). The molecule has 0 saturated heterocycles. The van der Waals surface area contributed by atoms with Crippen LogP contribution >= 0.6 is 0 Å². The topological polar surface area (TPSA) is 161 Å². The SMILES string of the molecule is C=C(C)C(=O)OCCC[Si](C)(C)C.C=C(C)C(=O)OCCC[Si](O[Si](C)(C)C)(O[Si](C)(C)C)O[Si](C)(C)C.C=C(C)C(=O)OCCO[Si](C)(C)C.C=C(C)C(=O)OC[Si](C)(C)C.C=CCc1ccc(C(C)C)cc1.CO[Si](C)(C)CC[Si](C)(C)O[Si](C)(C)CCC1CC2C=CC1C2. The standard InChI is InChI=1S/C18H38O2Si3.C16H38O5Si4.C12H16.C10H20O2Si.C9H18O3Si.C8H16O2Si/c1-19-21(2,3)12-13-23(6,7)20-22(4,5)11-10-18-15-16-8-9-17(18)14-16;1-15(2)16(17)18-13-12-14-25(19-22(3,4)5,20-23(6,7)8)21-24(9,10)11;1-4-5-11-6-8-12(9-7-11)10(2)3;1-9(2)10(11)12-7-6-8-13(3,4)5;1-8(2)9(10)11-6-7-12-13(3,4)5;1-7(2)8(9)10-6-11(3,4)5/h8-9,16-18H,10-15H2,1-7H3;1,12-14H2,2-11H3;4,6-10H,1,5H2,2-3H3;1,6-8H2,2-5H3;1,6-7H2,2-5H3;1,6H2,2-5H3. The molecule has 0 spiro atoms. The molecule has 2 bridgehead atoms. The van der Waals surface area contributed by atoms with E-state index in [0.717, 1.165) is 30.6 Å². The second-order valence-electron chi connectivity index (χ2n) is 34.8. The van der Waals surface area contributed by atoms with Gasteiger partial charge in [-0.2, -0.15) is 0 Å². The Labute approximate surface area is 606 Å². The van der Waals surface area contributed by atoms with Crippen LogP contribution in [0, 0.1) is 17.8 Å². The largest absolute Gasteiger partial charge is 0.469 e. The molecule has 1 saturated carbocycles. The summed E-state index contributed by atoms with van der Waals surface area (Å²) in [6.45, 7) is 84.0. The highest BCUT2D eigenvalue weighted by molar-refractivity contribution is 6.90. The third kappa shape index (κ3) is 56.7. The zero-order chi connectivity index (χ0) is 76.4. The maximum absolute atomic E-state index is 11.6. The number of benzene rings is 1. The quantitative estimate of drug-likeness (QED) is 0.0156. The van der Waals surface area contributed by atoms with Gasteiger partial charge in [0.15, 0.2) is 58.2 Å². The van der Waals surface area contributed by atoms with E-state index in [4.69, 9.17) is 44.3 Å². The summed E-state index contributed by atoms with van der Waals surface area (Å²) in [6.07, 6.45) is 14.4. The van der Waals surface area contributed by atoms with E-state index in [1.165, 1.54) is 54.6 Å². The van der Waals surface area contributed by atoms with E-state index in [9.17, 15) is 19.2 Å². The number of esters is 4. The van der Waals surface area contributed by atoms with Crippen LogP contribution in [0.1, 0.15) is 90.7 Å². The second-order valence-corrected chi connectivity index (χ2v) is 80.6. The Balaban J connectivity index is -0.00000113. The number of carbonyl (C=O) groups is 4. The van der Waals surface area contributed by atoms with Crippen molar-refractivity contribution in [2.24, 2.45) is 17.8 Å². The van der Waals surface area contributed by atoms with Crippen molar-refractivity contribution in [3.8, 4) is 0 Å². The van der Waals surface area contributed by atoms with Crippen LogP contribution in [0.5, 0.6) is 0 Å². The number of hydrogen-bond acceptors (Lipinski definition) is 14. The lowest BCUT2D eigenvalue weighted by atomic mass is 9.91. The maximum Gasteiger partial charge on any atom is 0.469 e. The Morgan fingerprint density at radius 1 is 0.474 bits per heavy atom. The molecule has 2 aliphatic rings. The Morgan fingerprint density at radius 2 is 0.876 bits per heavy atom. The lowest BCUT2D eigenvalue weighted by molar-refractivity contribution is -0.140. The molecule has 0 amide bonds. The van der Waals surface area contributed by atoms with E-state index in [0.29, 0.717) is 73.3 Å². The van der Waals surface area contributed by atoms with Gasteiger partial charge in [0.1, 0.15) is 6.61 Å². The van der Waals surface area contributed by atoms with E-state index in [2.05, 4.69) is 240 Å². The Morgan fingerprint density at radius 3 is 1.22 bits per heavy atom. The van der Waals surface area contributed by atoms with Crippen molar-refractivity contribution in [2.45, 2.75) is 273 Å². The maximum atomic E-state index is 11.6. The molecule has 1 aromatic carbocycles. The number of hydrogen-bond donors (Lipinski definition) is 0. The van der Waals surface area contributed by atoms with Gasteiger partial charge in [-0.15, -0.1) is 6.58 Å². The predicted octanol–water partition coefficient (Wildman–Crippen LogP) is 21.2. The first kappa shape index (κ1) is 98.6. The summed E-state index contributed by atoms with van der Waals surface area (Å²) >= 11 is 0. The van der Waals surface area contributed by atoms with Crippen LogP contribution in [0.15, 0.2) is 97.7 Å². The number of carbonyl (C=O) groups excluding carboxylic acids is 4. The van der Waals surface area contributed by atoms with Crippen molar-refractivity contribution in [3.63, 3.8) is 0 Å². The van der Waals surface area contributed by atoms with E-state index in [-0.39, 0.29) is 23.9 Å². The van der Waals surface area contributed by atoms with Crippen molar-refractivity contribution < 1.29 is 63.4 Å². The fourth-order valence-electron chi connectivity index (χ4n) is 9.61. The molecule has 1 fully saturated rings. The number of fused-ring (bicyclic) bond motifs is 2. The molecule has 562 valence electrons. The first-order valence-corrected chi connectivity index (χ1v) is 67.7. The van der Waals surface area contributed by atoms with E-state index >= 15 is 0 Å². The van der Waals surface area contributed by atoms with Gasteiger partial charge in [-0.25, -0.2) is 19.2 Å².